The Balaban J connectivity index is 1.58. The summed E-state index contributed by atoms with van der Waals surface area (Å²) in [5.74, 6) is 0.727. The number of rotatable bonds is 6. The largest absolute Gasteiger partial charge is 0.491 e. The van der Waals surface area contributed by atoms with Crippen molar-refractivity contribution in [2.24, 2.45) is 0 Å². The molecule has 6 nitrogen and oxygen atoms in total. The number of H-pyrrole nitrogens is 1. The van der Waals surface area contributed by atoms with Gasteiger partial charge in [0, 0.05) is 22.6 Å². The fourth-order valence-corrected chi connectivity index (χ4v) is 5.16. The first kappa shape index (κ1) is 20.8. The van der Waals surface area contributed by atoms with E-state index in [0.717, 1.165) is 48.3 Å². The fourth-order valence-electron chi connectivity index (χ4n) is 3.84. The third-order valence-electron chi connectivity index (χ3n) is 5.46. The van der Waals surface area contributed by atoms with E-state index in [1.165, 1.54) is 0 Å². The Labute approximate surface area is 178 Å². The molecule has 1 fully saturated rings. The van der Waals surface area contributed by atoms with Crippen LogP contribution < -0.4 is 10.1 Å². The molecule has 2 aromatic carbocycles. The van der Waals surface area contributed by atoms with Crippen LogP contribution in [0.1, 0.15) is 26.7 Å². The van der Waals surface area contributed by atoms with Crippen molar-refractivity contribution in [1.29, 1.82) is 0 Å². The molecule has 0 saturated carbocycles. The Hall–Kier alpha value is -2.51. The van der Waals surface area contributed by atoms with Crippen molar-refractivity contribution in [3.8, 4) is 5.75 Å². The molecular weight excluding hydrogens is 398 g/mol. The number of nitrogens with zero attached hydrogens (tertiary/aromatic N) is 1. The number of aromatic amines is 1. The third kappa shape index (κ3) is 4.47. The van der Waals surface area contributed by atoms with Crippen LogP contribution in [0, 0.1) is 0 Å². The number of likely N-dealkylation sites (tertiary alicyclic amines) is 1. The Morgan fingerprint density at radius 3 is 2.60 bits per heavy atom. The van der Waals surface area contributed by atoms with Crippen LogP contribution in [0.25, 0.3) is 10.9 Å². The van der Waals surface area contributed by atoms with Gasteiger partial charge in [-0.2, -0.15) is 0 Å². The molecule has 0 aliphatic carbocycles. The number of ether oxygens (including phenoxy) is 1. The second-order valence-corrected chi connectivity index (χ2v) is 10.2. The number of hydrogen-bond acceptors (Lipinski definition) is 5. The number of fused-ring (bicyclic) bond motifs is 1. The number of piperidine rings is 1. The van der Waals surface area contributed by atoms with Crippen molar-refractivity contribution < 1.29 is 13.2 Å². The first-order chi connectivity index (χ1) is 14.3. The van der Waals surface area contributed by atoms with Crippen LogP contribution >= 0.6 is 0 Å². The lowest BCUT2D eigenvalue weighted by molar-refractivity contribution is 0.243. The number of hydrogen-bond donors (Lipinski definition) is 2. The summed E-state index contributed by atoms with van der Waals surface area (Å²) in [6, 6.07) is 14.7. The van der Waals surface area contributed by atoms with Crippen molar-refractivity contribution in [1.82, 2.24) is 9.88 Å². The average molecular weight is 428 g/mol. The molecule has 0 unspecified atom stereocenters. The molecule has 4 rings (SSSR count). The second kappa shape index (κ2) is 8.32. The van der Waals surface area contributed by atoms with Crippen LogP contribution in [0.3, 0.4) is 0 Å². The van der Waals surface area contributed by atoms with Gasteiger partial charge in [0.1, 0.15) is 10.8 Å². The van der Waals surface area contributed by atoms with Gasteiger partial charge in [0.05, 0.1) is 11.0 Å². The van der Waals surface area contributed by atoms with Crippen molar-refractivity contribution in [3.63, 3.8) is 0 Å². The van der Waals surface area contributed by atoms with E-state index >= 15 is 0 Å². The molecule has 2 N–H and O–H groups in total. The van der Waals surface area contributed by atoms with Gasteiger partial charge in [0.2, 0.25) is 9.84 Å². The summed E-state index contributed by atoms with van der Waals surface area (Å²) in [5, 5.41) is 4.50. The van der Waals surface area contributed by atoms with E-state index in [1.54, 1.807) is 24.3 Å². The minimum absolute atomic E-state index is 0.0596. The molecule has 1 aliphatic rings. The van der Waals surface area contributed by atoms with E-state index in [1.807, 2.05) is 38.1 Å². The zero-order valence-corrected chi connectivity index (χ0v) is 18.5. The van der Waals surface area contributed by atoms with E-state index in [4.69, 9.17) is 4.74 Å². The van der Waals surface area contributed by atoms with Gasteiger partial charge in [-0.05, 0) is 89.3 Å². The summed E-state index contributed by atoms with van der Waals surface area (Å²) in [7, 11) is -1.53. The maximum absolute atomic E-state index is 13.3. The molecule has 2 heterocycles. The Morgan fingerprint density at radius 1 is 1.10 bits per heavy atom. The summed E-state index contributed by atoms with van der Waals surface area (Å²) in [5.41, 5.74) is 1.61. The highest BCUT2D eigenvalue weighted by Gasteiger charge is 2.22. The smallest absolute Gasteiger partial charge is 0.221 e. The normalized spacial score (nSPS) is 16.3. The number of aromatic nitrogens is 1. The molecule has 30 heavy (non-hydrogen) atoms. The zero-order chi connectivity index (χ0) is 21.3. The summed E-state index contributed by atoms with van der Waals surface area (Å²) < 4.78 is 32.2. The highest BCUT2D eigenvalue weighted by molar-refractivity contribution is 7.91. The average Bonchev–Trinajstić information content (AvgIpc) is 3.14. The summed E-state index contributed by atoms with van der Waals surface area (Å²) >= 11 is 0. The summed E-state index contributed by atoms with van der Waals surface area (Å²) in [6.07, 6.45) is 2.16. The maximum atomic E-state index is 13.3. The molecule has 0 bridgehead atoms. The van der Waals surface area contributed by atoms with Crippen molar-refractivity contribution in [2.75, 3.05) is 25.5 Å². The minimum Gasteiger partial charge on any atom is -0.491 e. The minimum atomic E-state index is -3.65. The van der Waals surface area contributed by atoms with Gasteiger partial charge in [-0.1, -0.05) is 6.07 Å². The van der Waals surface area contributed by atoms with E-state index in [2.05, 4.69) is 22.2 Å². The quantitative estimate of drug-likeness (QED) is 0.614. The molecule has 3 aromatic rings. The van der Waals surface area contributed by atoms with Gasteiger partial charge >= 0.3 is 0 Å². The van der Waals surface area contributed by atoms with Gasteiger partial charge in [0.25, 0.3) is 0 Å². The van der Waals surface area contributed by atoms with E-state index in [0.29, 0.717) is 6.04 Å². The Kier molecular flexibility index (Phi) is 5.75. The third-order valence-corrected chi connectivity index (χ3v) is 7.14. The van der Waals surface area contributed by atoms with E-state index < -0.39 is 9.84 Å². The monoisotopic (exact) mass is 427 g/mol. The van der Waals surface area contributed by atoms with E-state index in [-0.39, 0.29) is 16.0 Å². The van der Waals surface area contributed by atoms with Crippen LogP contribution in [0.15, 0.2) is 58.5 Å². The molecule has 0 radical (unpaired) electrons. The molecule has 0 amide bonds. The molecule has 0 atom stereocenters. The number of nitrogens with one attached hydrogen (secondary N) is 2. The topological polar surface area (TPSA) is 74.4 Å². The first-order valence-electron chi connectivity index (χ1n) is 10.4. The molecule has 1 aliphatic heterocycles. The molecule has 1 saturated heterocycles. The van der Waals surface area contributed by atoms with Gasteiger partial charge in [-0.15, -0.1) is 0 Å². The summed E-state index contributed by atoms with van der Waals surface area (Å²) in [4.78, 5) is 5.65. The van der Waals surface area contributed by atoms with Crippen LogP contribution in [0.5, 0.6) is 5.75 Å². The predicted octanol–water partition coefficient (Wildman–Crippen LogP) is 4.29. The Morgan fingerprint density at radius 2 is 1.87 bits per heavy atom. The van der Waals surface area contributed by atoms with Crippen LogP contribution in [0.2, 0.25) is 0 Å². The Bertz CT molecular complexity index is 1130. The molecule has 1 aromatic heterocycles. The second-order valence-electron chi connectivity index (χ2n) is 8.30. The van der Waals surface area contributed by atoms with Gasteiger partial charge in [0.15, 0.2) is 0 Å². The lowest BCUT2D eigenvalue weighted by Crippen LogP contribution is -2.36. The standard InChI is InChI=1S/C23H29N3O3S/c1-16(2)29-20-7-8-22-17(13-20)14-23(25-22)30(27,28)21-6-4-5-19(15-21)24-18-9-11-26(3)12-10-18/h4-8,13-16,18,24-25H,9-12H2,1-3H3. The van der Waals surface area contributed by atoms with Gasteiger partial charge < -0.3 is 19.9 Å². The maximum Gasteiger partial charge on any atom is 0.221 e. The van der Waals surface area contributed by atoms with Gasteiger partial charge in [-0.3, -0.25) is 0 Å². The predicted molar refractivity (Wildman–Crippen MR) is 120 cm³/mol. The van der Waals surface area contributed by atoms with E-state index in [9.17, 15) is 8.42 Å². The molecule has 0 spiro atoms. The van der Waals surface area contributed by atoms with Crippen LogP contribution in [-0.2, 0) is 9.84 Å². The highest BCUT2D eigenvalue weighted by atomic mass is 32.2. The van der Waals surface area contributed by atoms with Crippen LogP contribution in [0.4, 0.5) is 5.69 Å². The number of anilines is 1. The fraction of sp³-hybridized carbons (Fsp3) is 0.391. The van der Waals surface area contributed by atoms with Crippen molar-refractivity contribution in [2.45, 2.75) is 48.8 Å². The molecular formula is C23H29N3O3S. The molecule has 7 heteroatoms. The van der Waals surface area contributed by atoms with Crippen molar-refractivity contribution in [3.05, 3.63) is 48.5 Å². The number of sulfone groups is 1. The first-order valence-corrected chi connectivity index (χ1v) is 11.9. The summed E-state index contributed by atoms with van der Waals surface area (Å²) in [6.45, 7) is 6.02. The van der Waals surface area contributed by atoms with Gasteiger partial charge in [-0.25, -0.2) is 8.42 Å². The van der Waals surface area contributed by atoms with Crippen molar-refractivity contribution >= 4 is 26.4 Å². The van der Waals surface area contributed by atoms with Crippen LogP contribution in [-0.4, -0.2) is 50.6 Å². The lowest BCUT2D eigenvalue weighted by Gasteiger charge is -2.30. The number of benzene rings is 2. The molecule has 160 valence electrons. The highest BCUT2D eigenvalue weighted by Crippen LogP contribution is 2.29. The lowest BCUT2D eigenvalue weighted by atomic mass is 10.1. The SMILES string of the molecule is CC(C)Oc1ccc2[nH]c(S(=O)(=O)c3cccc(NC4CCN(C)CC4)c3)cc2c1. The zero-order valence-electron chi connectivity index (χ0n) is 17.7.